The van der Waals surface area contributed by atoms with Gasteiger partial charge in [-0.05, 0) is 36.0 Å². The number of hydrogen-bond acceptors (Lipinski definition) is 0. The Morgan fingerprint density at radius 3 is 1.38 bits per heavy atom. The number of hydrogen-bond donors (Lipinski definition) is 0. The first kappa shape index (κ1) is 19.4. The van der Waals surface area contributed by atoms with Gasteiger partial charge in [0, 0.05) is 0 Å². The second kappa shape index (κ2) is 11.1. The van der Waals surface area contributed by atoms with E-state index in [2.05, 4.69) is 83.1 Å². The van der Waals surface area contributed by atoms with E-state index in [1.165, 1.54) is 22.3 Å². The highest BCUT2D eigenvalue weighted by atomic mass is 14.0. The summed E-state index contributed by atoms with van der Waals surface area (Å²) in [5, 5.41) is 0. The quantitative estimate of drug-likeness (QED) is 0.562. The SMILES string of the molecule is CC.CC(C)C.CCc1ccc(-c2ccc(C)cc2)cc1. The molecule has 0 radical (unpaired) electrons. The van der Waals surface area contributed by atoms with Gasteiger partial charge in [-0.1, -0.05) is 95.6 Å². The lowest BCUT2D eigenvalue weighted by Crippen LogP contribution is -1.81. The zero-order valence-corrected chi connectivity index (χ0v) is 14.9. The summed E-state index contributed by atoms with van der Waals surface area (Å²) in [5.74, 6) is 0.833. The van der Waals surface area contributed by atoms with Crippen LogP contribution in [0.25, 0.3) is 11.1 Å². The molecule has 0 aliphatic rings. The summed E-state index contributed by atoms with van der Waals surface area (Å²) in [6.45, 7) is 14.8. The summed E-state index contributed by atoms with van der Waals surface area (Å²) in [6, 6.07) is 17.5. The first-order chi connectivity index (χ1) is 10.0. The Morgan fingerprint density at radius 2 is 1.05 bits per heavy atom. The van der Waals surface area contributed by atoms with E-state index in [1.54, 1.807) is 0 Å². The minimum absolute atomic E-state index is 0.833. The van der Waals surface area contributed by atoms with E-state index in [1.807, 2.05) is 13.8 Å². The average Bonchev–Trinajstić information content (AvgIpc) is 2.50. The van der Waals surface area contributed by atoms with E-state index >= 15 is 0 Å². The highest BCUT2D eigenvalue weighted by molar-refractivity contribution is 5.63. The number of benzene rings is 2. The predicted molar refractivity (Wildman–Crippen MR) is 97.9 cm³/mol. The number of aryl methyl sites for hydroxylation is 2. The maximum atomic E-state index is 2.20. The van der Waals surface area contributed by atoms with Crippen LogP contribution < -0.4 is 0 Å². The van der Waals surface area contributed by atoms with Crippen LogP contribution in [-0.2, 0) is 6.42 Å². The van der Waals surface area contributed by atoms with Gasteiger partial charge in [0.05, 0.1) is 0 Å². The molecule has 0 nitrogen and oxygen atoms in total. The van der Waals surface area contributed by atoms with Gasteiger partial charge < -0.3 is 0 Å². The Balaban J connectivity index is 0.000000579. The molecule has 0 aliphatic heterocycles. The van der Waals surface area contributed by atoms with Crippen LogP contribution in [0.4, 0.5) is 0 Å². The molecule has 0 aromatic heterocycles. The fourth-order valence-corrected chi connectivity index (χ4v) is 1.68. The van der Waals surface area contributed by atoms with Crippen molar-refractivity contribution < 1.29 is 0 Å². The Labute approximate surface area is 132 Å². The van der Waals surface area contributed by atoms with Crippen molar-refractivity contribution >= 4 is 0 Å². The van der Waals surface area contributed by atoms with Gasteiger partial charge >= 0.3 is 0 Å². The molecule has 0 amide bonds. The monoisotopic (exact) mass is 284 g/mol. The molecule has 2 aromatic carbocycles. The van der Waals surface area contributed by atoms with Crippen molar-refractivity contribution in [2.75, 3.05) is 0 Å². The number of rotatable bonds is 2. The Kier molecular flexibility index (Phi) is 10.3. The molecule has 116 valence electrons. The molecule has 0 atom stereocenters. The first-order valence-electron chi connectivity index (χ1n) is 8.19. The Hall–Kier alpha value is -1.56. The second-order valence-corrected chi connectivity index (χ2v) is 5.65. The average molecular weight is 284 g/mol. The van der Waals surface area contributed by atoms with E-state index in [4.69, 9.17) is 0 Å². The molecular weight excluding hydrogens is 252 g/mol. The molecule has 21 heavy (non-hydrogen) atoms. The van der Waals surface area contributed by atoms with Crippen molar-refractivity contribution in [2.24, 2.45) is 5.92 Å². The van der Waals surface area contributed by atoms with Crippen LogP contribution in [0.2, 0.25) is 0 Å². The fraction of sp³-hybridized carbons (Fsp3) is 0.429. The Morgan fingerprint density at radius 1 is 0.714 bits per heavy atom. The Bertz CT molecular complexity index is 458. The van der Waals surface area contributed by atoms with E-state index in [0.717, 1.165) is 12.3 Å². The lowest BCUT2D eigenvalue weighted by molar-refractivity contribution is 0.737. The van der Waals surface area contributed by atoms with Gasteiger partial charge in [-0.2, -0.15) is 0 Å². The molecule has 0 heteroatoms. The van der Waals surface area contributed by atoms with Gasteiger partial charge in [0.1, 0.15) is 0 Å². The van der Waals surface area contributed by atoms with E-state index in [9.17, 15) is 0 Å². The van der Waals surface area contributed by atoms with Crippen LogP contribution in [0.3, 0.4) is 0 Å². The normalized spacial score (nSPS) is 9.33. The zero-order chi connectivity index (χ0) is 16.3. The molecule has 0 saturated carbocycles. The van der Waals surface area contributed by atoms with Gasteiger partial charge in [-0.3, -0.25) is 0 Å². The van der Waals surface area contributed by atoms with Crippen molar-refractivity contribution in [2.45, 2.75) is 54.9 Å². The summed E-state index contributed by atoms with van der Waals surface area (Å²) in [6.07, 6.45) is 1.11. The van der Waals surface area contributed by atoms with Crippen LogP contribution >= 0.6 is 0 Å². The summed E-state index contributed by atoms with van der Waals surface area (Å²) < 4.78 is 0. The molecule has 0 aliphatic carbocycles. The highest BCUT2D eigenvalue weighted by Gasteiger charge is 1.96. The van der Waals surface area contributed by atoms with Crippen molar-refractivity contribution in [1.29, 1.82) is 0 Å². The van der Waals surface area contributed by atoms with Gasteiger partial charge in [0.15, 0.2) is 0 Å². The van der Waals surface area contributed by atoms with Gasteiger partial charge in [0.2, 0.25) is 0 Å². The largest absolute Gasteiger partial charge is 0.0683 e. The van der Waals surface area contributed by atoms with Gasteiger partial charge in [0.25, 0.3) is 0 Å². The zero-order valence-electron chi connectivity index (χ0n) is 14.9. The molecule has 2 aromatic rings. The topological polar surface area (TPSA) is 0 Å². The minimum atomic E-state index is 0.833. The third kappa shape index (κ3) is 8.34. The van der Waals surface area contributed by atoms with E-state index < -0.39 is 0 Å². The lowest BCUT2D eigenvalue weighted by Gasteiger charge is -2.03. The van der Waals surface area contributed by atoms with Crippen LogP contribution in [0.1, 0.15) is 52.7 Å². The molecule has 0 heterocycles. The van der Waals surface area contributed by atoms with Crippen molar-refractivity contribution in [3.05, 3.63) is 59.7 Å². The predicted octanol–water partition coefficient (Wildman–Crippen LogP) is 6.91. The maximum absolute atomic E-state index is 2.20. The third-order valence-electron chi connectivity index (χ3n) is 2.75. The van der Waals surface area contributed by atoms with E-state index in [0.29, 0.717) is 0 Å². The summed E-state index contributed by atoms with van der Waals surface area (Å²) in [4.78, 5) is 0. The van der Waals surface area contributed by atoms with Crippen molar-refractivity contribution in [3.8, 4) is 11.1 Å². The van der Waals surface area contributed by atoms with Gasteiger partial charge in [-0.25, -0.2) is 0 Å². The maximum Gasteiger partial charge on any atom is -0.0184 e. The minimum Gasteiger partial charge on any atom is -0.0683 e. The second-order valence-electron chi connectivity index (χ2n) is 5.65. The van der Waals surface area contributed by atoms with Crippen LogP contribution in [0.15, 0.2) is 48.5 Å². The fourth-order valence-electron chi connectivity index (χ4n) is 1.68. The molecule has 0 bridgehead atoms. The molecular formula is C21H32. The molecule has 2 rings (SSSR count). The molecule has 0 fully saturated rings. The highest BCUT2D eigenvalue weighted by Crippen LogP contribution is 2.20. The van der Waals surface area contributed by atoms with Crippen LogP contribution in [0.5, 0.6) is 0 Å². The summed E-state index contributed by atoms with van der Waals surface area (Å²) in [5.41, 5.74) is 5.30. The first-order valence-corrected chi connectivity index (χ1v) is 8.19. The summed E-state index contributed by atoms with van der Waals surface area (Å²) >= 11 is 0. The van der Waals surface area contributed by atoms with E-state index in [-0.39, 0.29) is 0 Å². The van der Waals surface area contributed by atoms with Crippen molar-refractivity contribution in [3.63, 3.8) is 0 Å². The smallest absolute Gasteiger partial charge is 0.0184 e. The lowest BCUT2D eigenvalue weighted by atomic mass is 10.0. The van der Waals surface area contributed by atoms with Crippen LogP contribution in [-0.4, -0.2) is 0 Å². The van der Waals surface area contributed by atoms with Crippen LogP contribution in [0, 0.1) is 12.8 Å². The molecule has 0 spiro atoms. The molecule has 0 saturated heterocycles. The molecule has 0 N–H and O–H groups in total. The third-order valence-corrected chi connectivity index (χ3v) is 2.75. The van der Waals surface area contributed by atoms with Crippen molar-refractivity contribution in [1.82, 2.24) is 0 Å². The van der Waals surface area contributed by atoms with Gasteiger partial charge in [-0.15, -0.1) is 0 Å². The standard InChI is InChI=1S/C15H16.C4H10.C2H6/c1-3-13-6-10-15(11-7-13)14-8-4-12(2)5-9-14;1-4(2)3;1-2/h4-11H,3H2,1-2H3;4H,1-3H3;1-2H3. The summed E-state index contributed by atoms with van der Waals surface area (Å²) in [7, 11) is 0. The molecule has 0 unspecified atom stereocenters.